The molecule has 0 fully saturated rings. The lowest BCUT2D eigenvalue weighted by Crippen LogP contribution is -2.38. The number of carbonyl (C=O) groups is 1. The van der Waals surface area contributed by atoms with Crippen LogP contribution in [0, 0.1) is 6.92 Å². The van der Waals surface area contributed by atoms with Crippen molar-refractivity contribution in [1.82, 2.24) is 15.4 Å². The van der Waals surface area contributed by atoms with Crippen molar-refractivity contribution in [3.05, 3.63) is 38.9 Å². The lowest BCUT2D eigenvalue weighted by Gasteiger charge is -2.19. The molecule has 0 aliphatic rings. The Kier molecular flexibility index (Phi) is 4.67. The topological polar surface area (TPSA) is 58.4 Å². The van der Waals surface area contributed by atoms with Crippen molar-refractivity contribution in [2.45, 2.75) is 26.4 Å². The summed E-state index contributed by atoms with van der Waals surface area (Å²) in [6.07, 6.45) is 0. The molecule has 1 atom stereocenters. The zero-order valence-electron chi connectivity index (χ0n) is 11.5. The average Bonchev–Trinajstić information content (AvgIpc) is 2.98. The Balaban J connectivity index is 1.90. The fourth-order valence-corrected chi connectivity index (χ4v) is 2.80. The molecule has 2 aromatic rings. The third-order valence-corrected chi connectivity index (χ3v) is 4.20. The zero-order chi connectivity index (χ0) is 14.7. The van der Waals surface area contributed by atoms with Gasteiger partial charge in [0.05, 0.1) is 16.9 Å². The molecular weight excluding hydrogens is 298 g/mol. The van der Waals surface area contributed by atoms with Crippen LogP contribution in [0.2, 0.25) is 4.34 Å². The molecule has 0 saturated carbocycles. The lowest BCUT2D eigenvalue weighted by atomic mass is 10.3. The van der Waals surface area contributed by atoms with E-state index >= 15 is 0 Å². The third kappa shape index (κ3) is 3.74. The number of halogens is 1. The van der Waals surface area contributed by atoms with Gasteiger partial charge in [-0.2, -0.15) is 0 Å². The van der Waals surface area contributed by atoms with Gasteiger partial charge in [0.2, 0.25) is 0 Å². The van der Waals surface area contributed by atoms with Gasteiger partial charge in [-0.15, -0.1) is 11.3 Å². The van der Waals surface area contributed by atoms with Crippen LogP contribution in [0.15, 0.2) is 22.7 Å². The summed E-state index contributed by atoms with van der Waals surface area (Å²) in [4.78, 5) is 14.7. The van der Waals surface area contributed by atoms with Crippen molar-refractivity contribution in [2.24, 2.45) is 0 Å². The maximum absolute atomic E-state index is 12.1. The second-order valence-corrected chi connectivity index (χ2v) is 6.34. The number of carbonyl (C=O) groups excluding carboxylic acids is 1. The summed E-state index contributed by atoms with van der Waals surface area (Å²) in [5.41, 5.74) is 0.729. The number of hydrogen-bond donors (Lipinski definition) is 1. The highest BCUT2D eigenvalue weighted by Gasteiger charge is 2.16. The number of hydrogen-bond acceptors (Lipinski definition) is 4. The van der Waals surface area contributed by atoms with Crippen LogP contribution < -0.4 is 5.32 Å². The molecule has 5 nitrogen and oxygen atoms in total. The first-order valence-electron chi connectivity index (χ1n) is 6.14. The number of nitrogens with zero attached hydrogens (tertiary/aromatic N) is 2. The van der Waals surface area contributed by atoms with Crippen molar-refractivity contribution in [3.8, 4) is 0 Å². The molecule has 0 spiro atoms. The third-order valence-electron chi connectivity index (χ3n) is 2.78. The van der Waals surface area contributed by atoms with E-state index in [2.05, 4.69) is 10.5 Å². The molecule has 1 unspecified atom stereocenters. The summed E-state index contributed by atoms with van der Waals surface area (Å²) in [5, 5.41) is 6.78. The summed E-state index contributed by atoms with van der Waals surface area (Å²) < 4.78 is 5.69. The predicted octanol–water partition coefficient (Wildman–Crippen LogP) is 3.60. The quantitative estimate of drug-likeness (QED) is 0.938. The van der Waals surface area contributed by atoms with Crippen LogP contribution in [0.5, 0.6) is 0 Å². The summed E-state index contributed by atoms with van der Waals surface area (Å²) in [7, 11) is 1.72. The van der Waals surface area contributed by atoms with Crippen LogP contribution in [-0.4, -0.2) is 23.1 Å². The van der Waals surface area contributed by atoms with E-state index in [1.165, 1.54) is 11.3 Å². The largest absolute Gasteiger partial charge is 0.361 e. The highest BCUT2D eigenvalue weighted by molar-refractivity contribution is 7.16. The first-order chi connectivity index (χ1) is 9.45. The maximum atomic E-state index is 12.1. The fourth-order valence-electron chi connectivity index (χ4n) is 1.73. The van der Waals surface area contributed by atoms with Crippen LogP contribution in [-0.2, 0) is 6.54 Å². The van der Waals surface area contributed by atoms with Crippen molar-refractivity contribution in [1.29, 1.82) is 0 Å². The molecule has 0 radical (unpaired) electrons. The molecule has 0 aliphatic carbocycles. The van der Waals surface area contributed by atoms with Crippen molar-refractivity contribution in [2.75, 3.05) is 7.05 Å². The number of urea groups is 1. The number of rotatable bonds is 4. The van der Waals surface area contributed by atoms with Crippen molar-refractivity contribution < 1.29 is 9.32 Å². The van der Waals surface area contributed by atoms with E-state index in [1.54, 1.807) is 11.9 Å². The second-order valence-electron chi connectivity index (χ2n) is 4.60. The zero-order valence-corrected chi connectivity index (χ0v) is 13.1. The highest BCUT2D eigenvalue weighted by Crippen LogP contribution is 2.26. The first-order valence-corrected chi connectivity index (χ1v) is 7.34. The van der Waals surface area contributed by atoms with Gasteiger partial charge in [-0.25, -0.2) is 4.79 Å². The summed E-state index contributed by atoms with van der Waals surface area (Å²) in [6.45, 7) is 4.15. The predicted molar refractivity (Wildman–Crippen MR) is 79.0 cm³/mol. The molecule has 2 aromatic heterocycles. The van der Waals surface area contributed by atoms with E-state index in [1.807, 2.05) is 32.0 Å². The van der Waals surface area contributed by atoms with Gasteiger partial charge in [0.25, 0.3) is 0 Å². The maximum Gasteiger partial charge on any atom is 0.317 e. The van der Waals surface area contributed by atoms with Gasteiger partial charge in [0.1, 0.15) is 11.5 Å². The first kappa shape index (κ1) is 14.9. The Morgan fingerprint density at radius 2 is 2.35 bits per heavy atom. The standard InChI is InChI=1S/C13H16ClN3O2S/c1-8-6-10(16-19-8)7-17(3)13(18)15-9(2)11-4-5-12(14)20-11/h4-6,9H,7H2,1-3H3,(H,15,18). The van der Waals surface area contributed by atoms with E-state index in [-0.39, 0.29) is 12.1 Å². The van der Waals surface area contributed by atoms with E-state index in [0.29, 0.717) is 10.9 Å². The molecule has 2 amide bonds. The van der Waals surface area contributed by atoms with E-state index in [4.69, 9.17) is 16.1 Å². The molecule has 0 aromatic carbocycles. The van der Waals surface area contributed by atoms with E-state index in [0.717, 1.165) is 16.3 Å². The van der Waals surface area contributed by atoms with Gasteiger partial charge in [0, 0.05) is 18.0 Å². The molecule has 2 heterocycles. The normalized spacial score (nSPS) is 12.2. The monoisotopic (exact) mass is 313 g/mol. The number of aromatic nitrogens is 1. The molecule has 7 heteroatoms. The molecule has 0 bridgehead atoms. The number of aryl methyl sites for hydroxylation is 1. The number of amides is 2. The summed E-state index contributed by atoms with van der Waals surface area (Å²) >= 11 is 7.35. The highest BCUT2D eigenvalue weighted by atomic mass is 35.5. The van der Waals surface area contributed by atoms with Crippen LogP contribution in [0.25, 0.3) is 0 Å². The number of nitrogens with one attached hydrogen (secondary N) is 1. The van der Waals surface area contributed by atoms with Gasteiger partial charge >= 0.3 is 6.03 Å². The van der Waals surface area contributed by atoms with Gasteiger partial charge in [-0.3, -0.25) is 0 Å². The minimum atomic E-state index is -0.164. The molecular formula is C13H16ClN3O2S. The summed E-state index contributed by atoms with van der Waals surface area (Å²) in [5.74, 6) is 0.732. The Morgan fingerprint density at radius 3 is 2.90 bits per heavy atom. The van der Waals surface area contributed by atoms with Crippen LogP contribution in [0.3, 0.4) is 0 Å². The minimum absolute atomic E-state index is 0.0819. The smallest absolute Gasteiger partial charge is 0.317 e. The Labute approximate surface area is 126 Å². The lowest BCUT2D eigenvalue weighted by molar-refractivity contribution is 0.202. The molecule has 0 saturated heterocycles. The Bertz CT molecular complexity index is 596. The molecule has 20 heavy (non-hydrogen) atoms. The Morgan fingerprint density at radius 1 is 1.60 bits per heavy atom. The Hall–Kier alpha value is -1.53. The number of thiophene rings is 1. The van der Waals surface area contributed by atoms with Crippen LogP contribution >= 0.6 is 22.9 Å². The molecule has 2 rings (SSSR count). The molecule has 0 aliphatic heterocycles. The van der Waals surface area contributed by atoms with E-state index in [9.17, 15) is 4.79 Å². The minimum Gasteiger partial charge on any atom is -0.361 e. The summed E-state index contributed by atoms with van der Waals surface area (Å²) in [6, 6.07) is 5.31. The van der Waals surface area contributed by atoms with Gasteiger partial charge < -0.3 is 14.7 Å². The SMILES string of the molecule is Cc1cc(CN(C)C(=O)NC(C)c2ccc(Cl)s2)no1. The van der Waals surface area contributed by atoms with Gasteiger partial charge in [0.15, 0.2) is 0 Å². The van der Waals surface area contributed by atoms with Crippen LogP contribution in [0.4, 0.5) is 4.79 Å². The van der Waals surface area contributed by atoms with Gasteiger partial charge in [-0.1, -0.05) is 16.8 Å². The van der Waals surface area contributed by atoms with Crippen LogP contribution in [0.1, 0.15) is 29.3 Å². The van der Waals surface area contributed by atoms with E-state index < -0.39 is 0 Å². The average molecular weight is 314 g/mol. The van der Waals surface area contributed by atoms with Crippen molar-refractivity contribution in [3.63, 3.8) is 0 Å². The van der Waals surface area contributed by atoms with Gasteiger partial charge in [-0.05, 0) is 26.0 Å². The molecule has 1 N–H and O–H groups in total. The molecule has 108 valence electrons. The second kappa shape index (κ2) is 6.28. The fraction of sp³-hybridized carbons (Fsp3) is 0.385. The van der Waals surface area contributed by atoms with Crippen molar-refractivity contribution >= 4 is 29.0 Å².